The van der Waals surface area contributed by atoms with Crippen LogP contribution in [0.1, 0.15) is 13.3 Å². The lowest BCUT2D eigenvalue weighted by molar-refractivity contribution is -0.145. The molecule has 0 amide bonds. The first-order chi connectivity index (χ1) is 5.93. The molecule has 72 valence electrons. The highest BCUT2D eigenvalue weighted by Crippen LogP contribution is 1.94. The van der Waals surface area contributed by atoms with Crippen molar-refractivity contribution in [1.82, 2.24) is 0 Å². The summed E-state index contributed by atoms with van der Waals surface area (Å²) in [5.74, 6) is -2.29. The number of ether oxygens (including phenoxy) is 1. The first-order valence-corrected chi connectivity index (χ1v) is 3.49. The van der Waals surface area contributed by atoms with E-state index in [4.69, 9.17) is 5.11 Å². The largest absolute Gasteiger partial charge is 0.478 e. The number of carbonyl (C=O) groups is 3. The van der Waals surface area contributed by atoms with Gasteiger partial charge in [0.2, 0.25) is 0 Å². The second-order valence-electron chi connectivity index (χ2n) is 2.45. The molecular formula is C8H10O5. The first kappa shape index (κ1) is 11.4. The number of carboxylic acid groups (broad SMARTS) is 1. The van der Waals surface area contributed by atoms with Gasteiger partial charge in [-0.2, -0.15) is 0 Å². The highest BCUT2D eigenvalue weighted by Gasteiger charge is 2.09. The van der Waals surface area contributed by atoms with E-state index in [2.05, 4.69) is 11.3 Å². The van der Waals surface area contributed by atoms with Crippen molar-refractivity contribution >= 4 is 17.7 Å². The van der Waals surface area contributed by atoms with Gasteiger partial charge in [0.1, 0.15) is 18.8 Å². The van der Waals surface area contributed by atoms with Gasteiger partial charge in [0, 0.05) is 0 Å². The topological polar surface area (TPSA) is 80.7 Å². The molecule has 0 aromatic rings. The first-order valence-electron chi connectivity index (χ1n) is 3.49. The van der Waals surface area contributed by atoms with Gasteiger partial charge in [-0.25, -0.2) is 4.79 Å². The molecule has 0 unspecified atom stereocenters. The van der Waals surface area contributed by atoms with Crippen molar-refractivity contribution in [2.45, 2.75) is 13.3 Å². The summed E-state index contributed by atoms with van der Waals surface area (Å²) in [5.41, 5.74) is -0.225. The average molecular weight is 186 g/mol. The lowest BCUT2D eigenvalue weighted by Crippen LogP contribution is -2.13. The van der Waals surface area contributed by atoms with Crippen LogP contribution in [-0.4, -0.2) is 29.4 Å². The van der Waals surface area contributed by atoms with E-state index in [1.165, 1.54) is 6.92 Å². The van der Waals surface area contributed by atoms with Crippen LogP contribution in [0.2, 0.25) is 0 Å². The third-order valence-electron chi connectivity index (χ3n) is 1.10. The maximum absolute atomic E-state index is 10.7. The summed E-state index contributed by atoms with van der Waals surface area (Å²) in [5, 5.41) is 8.32. The molecule has 1 N–H and O–H groups in total. The van der Waals surface area contributed by atoms with Crippen molar-refractivity contribution in [2.24, 2.45) is 0 Å². The zero-order valence-corrected chi connectivity index (χ0v) is 7.20. The van der Waals surface area contributed by atoms with Crippen molar-refractivity contribution < 1.29 is 24.2 Å². The van der Waals surface area contributed by atoms with Crippen molar-refractivity contribution in [1.29, 1.82) is 0 Å². The van der Waals surface area contributed by atoms with Gasteiger partial charge in [-0.3, -0.25) is 9.59 Å². The second-order valence-corrected chi connectivity index (χ2v) is 2.45. The molecule has 0 aliphatic heterocycles. The van der Waals surface area contributed by atoms with Crippen LogP contribution in [0.5, 0.6) is 0 Å². The predicted octanol–water partition coefficient (Wildman–Crippen LogP) is 0.149. The van der Waals surface area contributed by atoms with Crippen LogP contribution in [0.3, 0.4) is 0 Å². The van der Waals surface area contributed by atoms with Gasteiger partial charge in [-0.15, -0.1) is 0 Å². The number of hydrogen-bond donors (Lipinski definition) is 1. The molecule has 0 spiro atoms. The lowest BCUT2D eigenvalue weighted by atomic mass is 10.3. The Morgan fingerprint density at radius 1 is 1.38 bits per heavy atom. The minimum atomic E-state index is -1.23. The van der Waals surface area contributed by atoms with Gasteiger partial charge < -0.3 is 9.84 Å². The van der Waals surface area contributed by atoms with Gasteiger partial charge in [0.25, 0.3) is 0 Å². The van der Waals surface area contributed by atoms with E-state index < -0.39 is 11.9 Å². The third-order valence-corrected chi connectivity index (χ3v) is 1.10. The molecule has 0 saturated carbocycles. The van der Waals surface area contributed by atoms with E-state index in [-0.39, 0.29) is 24.4 Å². The number of ketones is 1. The predicted molar refractivity (Wildman–Crippen MR) is 43.0 cm³/mol. The molecule has 13 heavy (non-hydrogen) atoms. The Morgan fingerprint density at radius 3 is 2.31 bits per heavy atom. The second kappa shape index (κ2) is 5.08. The molecular weight excluding hydrogens is 176 g/mol. The molecule has 0 aliphatic carbocycles. The zero-order chi connectivity index (χ0) is 10.4. The van der Waals surface area contributed by atoms with E-state index in [0.717, 1.165) is 0 Å². The Bertz CT molecular complexity index is 253. The fourth-order valence-corrected chi connectivity index (χ4v) is 0.484. The number of hydrogen-bond acceptors (Lipinski definition) is 4. The molecule has 0 bridgehead atoms. The minimum Gasteiger partial charge on any atom is -0.478 e. The van der Waals surface area contributed by atoms with Crippen LogP contribution in [0.4, 0.5) is 0 Å². The summed E-state index contributed by atoms with van der Waals surface area (Å²) < 4.78 is 4.44. The highest BCUT2D eigenvalue weighted by atomic mass is 16.5. The summed E-state index contributed by atoms with van der Waals surface area (Å²) in [4.78, 5) is 31.3. The summed E-state index contributed by atoms with van der Waals surface area (Å²) >= 11 is 0. The van der Waals surface area contributed by atoms with E-state index in [1.807, 2.05) is 0 Å². The summed E-state index contributed by atoms with van der Waals surface area (Å²) in [6.45, 7) is 4.00. The Labute approximate surface area is 75.0 Å². The Hall–Kier alpha value is -1.65. The molecule has 0 heterocycles. The number of rotatable bonds is 5. The molecule has 5 nitrogen and oxygen atoms in total. The smallest absolute Gasteiger partial charge is 0.334 e. The monoisotopic (exact) mass is 186 g/mol. The fourth-order valence-electron chi connectivity index (χ4n) is 0.484. The van der Waals surface area contributed by atoms with Gasteiger partial charge in [-0.05, 0) is 6.92 Å². The Balaban J connectivity index is 3.77. The number of carboxylic acids is 1. The fraction of sp³-hybridized carbons (Fsp3) is 0.375. The zero-order valence-electron chi connectivity index (χ0n) is 7.20. The van der Waals surface area contributed by atoms with Crippen molar-refractivity contribution in [2.75, 3.05) is 6.61 Å². The van der Waals surface area contributed by atoms with Crippen LogP contribution >= 0.6 is 0 Å². The van der Waals surface area contributed by atoms with Gasteiger partial charge >= 0.3 is 11.9 Å². The molecule has 0 aromatic heterocycles. The molecule has 0 aliphatic rings. The van der Waals surface area contributed by atoms with Crippen molar-refractivity contribution in [3.8, 4) is 0 Å². The summed E-state index contributed by atoms with van der Waals surface area (Å²) in [6, 6.07) is 0. The maximum atomic E-state index is 10.7. The molecule has 0 fully saturated rings. The molecule has 5 heteroatoms. The standard InChI is InChI=1S/C8H10O5/c1-5(8(11)12)4-13-7(10)3-6(2)9/h1,3-4H2,2H3,(H,11,12). The summed E-state index contributed by atoms with van der Waals surface area (Å²) in [7, 11) is 0. The SMILES string of the molecule is C=C(COC(=O)CC(C)=O)C(=O)O. The van der Waals surface area contributed by atoms with E-state index >= 15 is 0 Å². The lowest BCUT2D eigenvalue weighted by Gasteiger charge is -2.02. The minimum absolute atomic E-state index is 0.225. The van der Waals surface area contributed by atoms with Gasteiger partial charge in [0.15, 0.2) is 0 Å². The van der Waals surface area contributed by atoms with Gasteiger partial charge in [0.05, 0.1) is 5.57 Å². The van der Waals surface area contributed by atoms with Crippen molar-refractivity contribution in [3.05, 3.63) is 12.2 Å². The van der Waals surface area contributed by atoms with E-state index in [0.29, 0.717) is 0 Å². The van der Waals surface area contributed by atoms with Crippen LogP contribution in [-0.2, 0) is 19.1 Å². The number of esters is 1. The number of Topliss-reactive ketones (excluding diaryl/α,β-unsaturated/α-hetero) is 1. The number of aliphatic carboxylic acids is 1. The quantitative estimate of drug-likeness (QED) is 0.375. The highest BCUT2D eigenvalue weighted by molar-refractivity contribution is 5.94. The van der Waals surface area contributed by atoms with Crippen LogP contribution < -0.4 is 0 Å². The third kappa shape index (κ3) is 5.60. The van der Waals surface area contributed by atoms with Gasteiger partial charge in [-0.1, -0.05) is 6.58 Å². The van der Waals surface area contributed by atoms with Crippen molar-refractivity contribution in [3.63, 3.8) is 0 Å². The maximum Gasteiger partial charge on any atom is 0.334 e. The van der Waals surface area contributed by atoms with Crippen LogP contribution in [0.15, 0.2) is 12.2 Å². The average Bonchev–Trinajstić information content (AvgIpc) is 1.98. The van der Waals surface area contributed by atoms with E-state index in [1.54, 1.807) is 0 Å². The molecule has 0 aromatic carbocycles. The van der Waals surface area contributed by atoms with Crippen LogP contribution in [0, 0.1) is 0 Å². The van der Waals surface area contributed by atoms with E-state index in [9.17, 15) is 14.4 Å². The van der Waals surface area contributed by atoms with Crippen LogP contribution in [0.25, 0.3) is 0 Å². The Kier molecular flexibility index (Phi) is 4.43. The normalized spacial score (nSPS) is 9.00. The summed E-state index contributed by atoms with van der Waals surface area (Å²) in [6.07, 6.45) is -0.340. The molecule has 0 radical (unpaired) electrons. The molecule has 0 atom stereocenters. The Morgan fingerprint density at radius 2 is 1.92 bits per heavy atom. The number of carbonyl (C=O) groups excluding carboxylic acids is 2. The molecule has 0 saturated heterocycles. The molecule has 0 rings (SSSR count).